The first-order valence-corrected chi connectivity index (χ1v) is 7.43. The van der Waals surface area contributed by atoms with Crippen molar-refractivity contribution in [1.82, 2.24) is 15.2 Å². The highest BCUT2D eigenvalue weighted by Crippen LogP contribution is 2.36. The van der Waals surface area contributed by atoms with Crippen LogP contribution < -0.4 is 10.6 Å². The summed E-state index contributed by atoms with van der Waals surface area (Å²) in [5.74, 6) is 0.102. The first-order valence-electron chi connectivity index (χ1n) is 7.43. The Morgan fingerprint density at radius 2 is 1.84 bits per heavy atom. The molecule has 19 heavy (non-hydrogen) atoms. The minimum atomic E-state index is 0.102. The van der Waals surface area contributed by atoms with Crippen LogP contribution in [0.4, 0.5) is 0 Å². The summed E-state index contributed by atoms with van der Waals surface area (Å²) in [6, 6.07) is 5.46. The fourth-order valence-corrected chi connectivity index (χ4v) is 3.04. The molecule has 2 saturated carbocycles. The number of carbonyl (C=O) groups excluding carboxylic acids is 1. The minimum absolute atomic E-state index is 0.102. The summed E-state index contributed by atoms with van der Waals surface area (Å²) in [6.07, 6.45) is 8.94. The fraction of sp³-hybridized carbons (Fsp3) is 0.667. The molecule has 2 aliphatic rings. The molecule has 1 amide bonds. The van der Waals surface area contributed by atoms with Crippen molar-refractivity contribution in [1.29, 1.82) is 0 Å². The van der Waals surface area contributed by atoms with Gasteiger partial charge in [0.25, 0.3) is 5.91 Å². The van der Waals surface area contributed by atoms with Crippen molar-refractivity contribution in [3.63, 3.8) is 0 Å². The summed E-state index contributed by atoms with van der Waals surface area (Å²) in [7, 11) is 2.02. The molecule has 0 atom stereocenters. The van der Waals surface area contributed by atoms with Gasteiger partial charge in [0.15, 0.2) is 0 Å². The molecule has 104 valence electrons. The number of nitrogens with one attached hydrogen (secondary N) is 2. The average molecular weight is 261 g/mol. The smallest absolute Gasteiger partial charge is 0.268 e. The van der Waals surface area contributed by atoms with E-state index >= 15 is 0 Å². The Bertz CT molecular complexity index is 442. The molecule has 1 aromatic heterocycles. The average Bonchev–Trinajstić information content (AvgIpc) is 3.16. The van der Waals surface area contributed by atoms with Gasteiger partial charge in [-0.1, -0.05) is 0 Å². The van der Waals surface area contributed by atoms with Crippen LogP contribution in [0, 0.1) is 0 Å². The van der Waals surface area contributed by atoms with Gasteiger partial charge in [-0.25, -0.2) is 0 Å². The zero-order valence-electron chi connectivity index (χ0n) is 11.6. The first-order chi connectivity index (χ1) is 9.28. The molecular weight excluding hydrogens is 238 g/mol. The van der Waals surface area contributed by atoms with Crippen LogP contribution in [0.1, 0.15) is 55.1 Å². The molecule has 0 bridgehead atoms. The molecule has 4 nitrogen and oxygen atoms in total. The maximum atomic E-state index is 12.3. The second-order valence-corrected chi connectivity index (χ2v) is 5.84. The molecule has 3 rings (SSSR count). The molecular formula is C15H23N3O. The Balaban J connectivity index is 1.57. The number of carbonyl (C=O) groups is 1. The van der Waals surface area contributed by atoms with E-state index in [-0.39, 0.29) is 5.91 Å². The predicted octanol–water partition coefficient (Wildman–Crippen LogP) is 2.08. The van der Waals surface area contributed by atoms with Crippen molar-refractivity contribution in [2.24, 2.45) is 0 Å². The second kappa shape index (κ2) is 5.37. The molecule has 2 N–H and O–H groups in total. The summed E-state index contributed by atoms with van der Waals surface area (Å²) in [5.41, 5.74) is 0.832. The van der Waals surface area contributed by atoms with Crippen molar-refractivity contribution in [3.05, 3.63) is 24.0 Å². The number of hydrogen-bond donors (Lipinski definition) is 2. The van der Waals surface area contributed by atoms with E-state index in [1.807, 2.05) is 25.4 Å². The highest BCUT2D eigenvalue weighted by Gasteiger charge is 2.28. The van der Waals surface area contributed by atoms with E-state index in [1.54, 1.807) is 0 Å². The zero-order chi connectivity index (χ0) is 13.2. The van der Waals surface area contributed by atoms with Crippen LogP contribution in [0.5, 0.6) is 0 Å². The van der Waals surface area contributed by atoms with Crippen molar-refractivity contribution >= 4 is 5.91 Å². The van der Waals surface area contributed by atoms with E-state index in [2.05, 4.69) is 15.2 Å². The number of hydrogen-bond acceptors (Lipinski definition) is 2. The second-order valence-electron chi connectivity index (χ2n) is 5.84. The Morgan fingerprint density at radius 1 is 1.16 bits per heavy atom. The van der Waals surface area contributed by atoms with Crippen molar-refractivity contribution in [2.45, 2.75) is 56.7 Å². The molecule has 0 radical (unpaired) electrons. The summed E-state index contributed by atoms with van der Waals surface area (Å²) in [6.45, 7) is 0. The Morgan fingerprint density at radius 3 is 2.47 bits per heavy atom. The number of rotatable bonds is 4. The van der Waals surface area contributed by atoms with Gasteiger partial charge in [0, 0.05) is 24.3 Å². The number of amides is 1. The maximum absolute atomic E-state index is 12.3. The molecule has 2 aliphatic carbocycles. The third kappa shape index (κ3) is 2.84. The van der Waals surface area contributed by atoms with Crippen molar-refractivity contribution in [3.8, 4) is 0 Å². The molecule has 0 aliphatic heterocycles. The molecule has 0 unspecified atom stereocenters. The van der Waals surface area contributed by atoms with Crippen LogP contribution in [0.3, 0.4) is 0 Å². The lowest BCUT2D eigenvalue weighted by molar-refractivity contribution is 0.0915. The number of aromatic nitrogens is 1. The number of nitrogens with zero attached hydrogens (tertiary/aromatic N) is 1. The zero-order valence-corrected chi connectivity index (χ0v) is 11.6. The van der Waals surface area contributed by atoms with E-state index in [9.17, 15) is 4.79 Å². The monoisotopic (exact) mass is 261 g/mol. The molecule has 0 spiro atoms. The van der Waals surface area contributed by atoms with Crippen LogP contribution in [0.25, 0.3) is 0 Å². The molecule has 0 saturated heterocycles. The largest absolute Gasteiger partial charge is 0.348 e. The molecule has 1 heterocycles. The first kappa shape index (κ1) is 12.7. The van der Waals surface area contributed by atoms with E-state index in [4.69, 9.17) is 0 Å². The van der Waals surface area contributed by atoms with Crippen LogP contribution >= 0.6 is 0 Å². The quantitative estimate of drug-likeness (QED) is 0.871. The summed E-state index contributed by atoms with van der Waals surface area (Å²) < 4.78 is 2.13. The van der Waals surface area contributed by atoms with Crippen LogP contribution in [0.15, 0.2) is 18.3 Å². The van der Waals surface area contributed by atoms with Gasteiger partial charge in [-0.05, 0) is 57.7 Å². The maximum Gasteiger partial charge on any atom is 0.268 e. The summed E-state index contributed by atoms with van der Waals surface area (Å²) >= 11 is 0. The van der Waals surface area contributed by atoms with Crippen LogP contribution in [-0.4, -0.2) is 29.6 Å². The van der Waals surface area contributed by atoms with Gasteiger partial charge in [0.05, 0.1) is 0 Å². The fourth-order valence-electron chi connectivity index (χ4n) is 3.04. The van der Waals surface area contributed by atoms with E-state index in [0.717, 1.165) is 31.4 Å². The lowest BCUT2D eigenvalue weighted by atomic mass is 9.91. The van der Waals surface area contributed by atoms with Crippen LogP contribution in [-0.2, 0) is 0 Å². The lowest BCUT2D eigenvalue weighted by Gasteiger charge is -2.28. The van der Waals surface area contributed by atoms with Crippen molar-refractivity contribution < 1.29 is 4.79 Å². The van der Waals surface area contributed by atoms with E-state index < -0.39 is 0 Å². The van der Waals surface area contributed by atoms with Gasteiger partial charge in [0.1, 0.15) is 5.69 Å². The predicted molar refractivity (Wildman–Crippen MR) is 75.3 cm³/mol. The molecule has 2 fully saturated rings. The Labute approximate surface area is 114 Å². The van der Waals surface area contributed by atoms with E-state index in [0.29, 0.717) is 18.1 Å². The summed E-state index contributed by atoms with van der Waals surface area (Å²) in [5, 5.41) is 6.52. The van der Waals surface area contributed by atoms with Crippen molar-refractivity contribution in [2.75, 3.05) is 7.05 Å². The third-order valence-corrected chi connectivity index (χ3v) is 4.42. The van der Waals surface area contributed by atoms with Gasteiger partial charge < -0.3 is 15.2 Å². The van der Waals surface area contributed by atoms with Crippen LogP contribution in [0.2, 0.25) is 0 Å². The van der Waals surface area contributed by atoms with Gasteiger partial charge in [0.2, 0.25) is 0 Å². The minimum Gasteiger partial charge on any atom is -0.348 e. The van der Waals surface area contributed by atoms with E-state index in [1.165, 1.54) is 12.8 Å². The topological polar surface area (TPSA) is 46.1 Å². The van der Waals surface area contributed by atoms with Gasteiger partial charge in [-0.15, -0.1) is 0 Å². The highest BCUT2D eigenvalue weighted by atomic mass is 16.2. The third-order valence-electron chi connectivity index (χ3n) is 4.42. The van der Waals surface area contributed by atoms with Gasteiger partial charge in [-0.2, -0.15) is 0 Å². The SMILES string of the molecule is CNC1CCC(NC(=O)c2cccn2C2CC2)CC1. The normalized spacial score (nSPS) is 27.2. The van der Waals surface area contributed by atoms with Gasteiger partial charge >= 0.3 is 0 Å². The summed E-state index contributed by atoms with van der Waals surface area (Å²) in [4.78, 5) is 12.3. The Kier molecular flexibility index (Phi) is 3.60. The highest BCUT2D eigenvalue weighted by molar-refractivity contribution is 5.93. The van der Waals surface area contributed by atoms with Gasteiger partial charge in [-0.3, -0.25) is 4.79 Å². The Hall–Kier alpha value is -1.29. The molecule has 1 aromatic rings. The molecule has 0 aromatic carbocycles. The molecule has 4 heteroatoms. The lowest BCUT2D eigenvalue weighted by Crippen LogP contribution is -2.41. The standard InChI is InChI=1S/C15H23N3O/c1-16-11-4-6-12(7-5-11)17-15(19)14-3-2-10-18(14)13-8-9-13/h2-3,10-13,16H,4-9H2,1H3,(H,17,19).